The van der Waals surface area contributed by atoms with E-state index >= 15 is 0 Å². The number of nitrogens with zero attached hydrogens (tertiary/aromatic N) is 4. The number of hydrogen-bond acceptors (Lipinski definition) is 12. The number of esters is 1. The molecule has 43 heavy (non-hydrogen) atoms. The van der Waals surface area contributed by atoms with Crippen LogP contribution < -0.4 is 11.1 Å². The largest absolute Gasteiger partial charge is 0.448 e. The fourth-order valence-electron chi connectivity index (χ4n) is 4.49. The molecule has 2 aromatic carbocycles. The normalized spacial score (nSPS) is 17.9. The molecule has 3 aromatic rings. The van der Waals surface area contributed by atoms with Crippen molar-refractivity contribution in [1.29, 1.82) is 0 Å². The molecule has 3 heterocycles. The number of β-lactam (4-membered cyclic amide) rings is 1. The number of amides is 2. The predicted molar refractivity (Wildman–Crippen MR) is 160 cm³/mol. The van der Waals surface area contributed by atoms with E-state index in [9.17, 15) is 19.5 Å². The molecule has 2 atom stereocenters. The van der Waals surface area contributed by atoms with Crippen LogP contribution in [0.1, 0.15) is 29.5 Å². The molecule has 2 amide bonds. The first kappa shape index (κ1) is 29.8. The Bertz CT molecular complexity index is 1590. The van der Waals surface area contributed by atoms with Gasteiger partial charge in [-0.15, -0.1) is 11.8 Å². The number of nitrogens with one attached hydrogen (secondary N) is 1. The summed E-state index contributed by atoms with van der Waals surface area (Å²) in [7, 11) is 1.26. The average Bonchev–Trinajstić information content (AvgIpc) is 3.47. The number of carbonyl (C=O) groups is 3. The van der Waals surface area contributed by atoms with E-state index in [1.807, 2.05) is 60.7 Å². The zero-order valence-corrected chi connectivity index (χ0v) is 24.4. The first-order valence-electron chi connectivity index (χ1n) is 13.0. The molecular formula is C29H26N6O6S2. The Kier molecular flexibility index (Phi) is 9.35. The van der Waals surface area contributed by atoms with Gasteiger partial charge in [0.25, 0.3) is 11.8 Å². The summed E-state index contributed by atoms with van der Waals surface area (Å²) in [4.78, 5) is 50.6. The summed E-state index contributed by atoms with van der Waals surface area (Å²) in [6.45, 7) is -0.151. The zero-order valence-electron chi connectivity index (χ0n) is 22.8. The lowest BCUT2D eigenvalue weighted by atomic mass is 10.0. The van der Waals surface area contributed by atoms with Gasteiger partial charge in [-0.25, -0.2) is 4.79 Å². The van der Waals surface area contributed by atoms with Crippen molar-refractivity contribution >= 4 is 51.9 Å². The predicted octanol–water partition coefficient (Wildman–Crippen LogP) is 1.84. The van der Waals surface area contributed by atoms with E-state index in [1.165, 1.54) is 23.8 Å². The van der Waals surface area contributed by atoms with Gasteiger partial charge in [-0.1, -0.05) is 77.7 Å². The minimum atomic E-state index is -0.982. The van der Waals surface area contributed by atoms with Gasteiger partial charge in [0.2, 0.25) is 11.5 Å². The molecule has 0 saturated carbocycles. The van der Waals surface area contributed by atoms with Crippen LogP contribution in [0.3, 0.4) is 0 Å². The highest BCUT2D eigenvalue weighted by molar-refractivity contribution is 8.00. The average molecular weight is 619 g/mol. The minimum absolute atomic E-state index is 0.00118. The molecule has 2 aliphatic rings. The van der Waals surface area contributed by atoms with Gasteiger partial charge in [-0.3, -0.25) is 14.5 Å². The lowest BCUT2D eigenvalue weighted by molar-refractivity contribution is -0.154. The van der Waals surface area contributed by atoms with Crippen LogP contribution in [0.5, 0.6) is 0 Å². The minimum Gasteiger partial charge on any atom is -0.448 e. The Hall–Kier alpha value is -4.71. The lowest BCUT2D eigenvalue weighted by Crippen LogP contribution is -2.71. The summed E-state index contributed by atoms with van der Waals surface area (Å²) < 4.78 is 10.1. The molecule has 12 nitrogen and oxygen atoms in total. The van der Waals surface area contributed by atoms with Crippen molar-refractivity contribution in [3.63, 3.8) is 0 Å². The molecule has 0 bridgehead atoms. The van der Waals surface area contributed by atoms with Gasteiger partial charge in [0.05, 0.1) is 6.61 Å². The first-order valence-corrected chi connectivity index (χ1v) is 14.8. The van der Waals surface area contributed by atoms with Crippen molar-refractivity contribution in [2.45, 2.75) is 23.9 Å². The van der Waals surface area contributed by atoms with Crippen LogP contribution in [0.2, 0.25) is 0 Å². The second kappa shape index (κ2) is 13.5. The summed E-state index contributed by atoms with van der Waals surface area (Å²) in [6, 6.07) is 17.5. The van der Waals surface area contributed by atoms with Gasteiger partial charge in [-0.2, -0.15) is 9.36 Å². The number of thioether (sulfide) groups is 1. The second-order valence-electron chi connectivity index (χ2n) is 9.15. The molecule has 220 valence electrons. The Morgan fingerprint density at radius 3 is 2.44 bits per heavy atom. The van der Waals surface area contributed by atoms with Crippen molar-refractivity contribution in [3.8, 4) is 11.8 Å². The molecule has 5 rings (SSSR count). The van der Waals surface area contributed by atoms with Crippen LogP contribution in [0.4, 0.5) is 5.13 Å². The van der Waals surface area contributed by atoms with E-state index in [2.05, 4.69) is 31.7 Å². The van der Waals surface area contributed by atoms with Crippen LogP contribution >= 0.6 is 23.3 Å². The van der Waals surface area contributed by atoms with Crippen molar-refractivity contribution in [2.75, 3.05) is 25.2 Å². The van der Waals surface area contributed by atoms with Crippen molar-refractivity contribution < 1.29 is 29.1 Å². The topological polar surface area (TPSA) is 169 Å². The van der Waals surface area contributed by atoms with Gasteiger partial charge in [0.15, 0.2) is 11.2 Å². The highest BCUT2D eigenvalue weighted by atomic mass is 32.2. The lowest BCUT2D eigenvalue weighted by Gasteiger charge is -2.49. The monoisotopic (exact) mass is 618 g/mol. The van der Waals surface area contributed by atoms with Gasteiger partial charge in [0, 0.05) is 29.3 Å². The molecule has 2 aliphatic heterocycles. The number of hydrogen-bond donors (Lipinski definition) is 3. The smallest absolute Gasteiger partial charge is 0.357 e. The quantitative estimate of drug-likeness (QED) is 0.106. The van der Waals surface area contributed by atoms with Crippen LogP contribution in [0, 0.1) is 11.8 Å². The molecule has 0 spiro atoms. The number of aliphatic hydroxyl groups excluding tert-OH is 1. The Labute approximate surface area is 255 Å². The van der Waals surface area contributed by atoms with Gasteiger partial charge in [0.1, 0.15) is 24.2 Å². The molecule has 0 unspecified atom stereocenters. The van der Waals surface area contributed by atoms with Crippen molar-refractivity contribution in [3.05, 3.63) is 88.9 Å². The second-order valence-corrected chi connectivity index (χ2v) is 11.0. The third-order valence-corrected chi connectivity index (χ3v) is 8.23. The summed E-state index contributed by atoms with van der Waals surface area (Å²) >= 11 is 2.21. The number of nitrogens with two attached hydrogens (primary N) is 1. The number of fused-ring (bicyclic) bond motifs is 1. The maximum atomic E-state index is 13.9. The highest BCUT2D eigenvalue weighted by Gasteiger charge is 2.55. The Morgan fingerprint density at radius 2 is 1.86 bits per heavy atom. The van der Waals surface area contributed by atoms with E-state index in [0.29, 0.717) is 5.57 Å². The fraction of sp³-hybridized carbons (Fsp3) is 0.241. The summed E-state index contributed by atoms with van der Waals surface area (Å²) in [5.41, 5.74) is 7.29. The van der Waals surface area contributed by atoms with Crippen LogP contribution in [0.25, 0.3) is 0 Å². The maximum Gasteiger partial charge on any atom is 0.357 e. The van der Waals surface area contributed by atoms with Crippen LogP contribution in [0.15, 0.2) is 77.1 Å². The molecule has 0 radical (unpaired) electrons. The van der Waals surface area contributed by atoms with Crippen molar-refractivity contribution in [2.24, 2.45) is 5.16 Å². The number of anilines is 1. The molecule has 1 aromatic heterocycles. The number of nitrogen functional groups attached to an aromatic ring is 1. The third kappa shape index (κ3) is 6.38. The van der Waals surface area contributed by atoms with E-state index in [0.717, 1.165) is 22.7 Å². The molecule has 4 N–H and O–H groups in total. The number of oxime groups is 1. The number of rotatable bonds is 9. The first-order chi connectivity index (χ1) is 20.9. The van der Waals surface area contributed by atoms with Gasteiger partial charge in [-0.05, 0) is 11.1 Å². The summed E-state index contributed by atoms with van der Waals surface area (Å²) in [5, 5.41) is 15.1. The number of aliphatic hydroxyl groups is 1. The zero-order chi connectivity index (χ0) is 30.3. The van der Waals surface area contributed by atoms with E-state index in [4.69, 9.17) is 15.3 Å². The van der Waals surface area contributed by atoms with Crippen molar-refractivity contribution in [1.82, 2.24) is 19.6 Å². The summed E-state index contributed by atoms with van der Waals surface area (Å²) in [6.07, 6.45) is -0.556. The van der Waals surface area contributed by atoms with Crippen LogP contribution in [-0.4, -0.2) is 73.7 Å². The number of carbonyl (C=O) groups excluding carboxylic acids is 3. The highest BCUT2D eigenvalue weighted by Crippen LogP contribution is 2.41. The van der Waals surface area contributed by atoms with Crippen LogP contribution in [-0.2, 0) is 24.0 Å². The fourth-order valence-corrected chi connectivity index (χ4v) is 6.21. The van der Waals surface area contributed by atoms with Gasteiger partial charge >= 0.3 is 5.97 Å². The van der Waals surface area contributed by atoms with Gasteiger partial charge < -0.3 is 25.7 Å². The molecule has 14 heteroatoms. The number of aromatic nitrogens is 2. The maximum absolute atomic E-state index is 13.9. The molecule has 1 fully saturated rings. The third-order valence-electron chi connectivity index (χ3n) is 6.41. The number of benzene rings is 2. The molecular weight excluding hydrogens is 592 g/mol. The SMILES string of the molecule is CO/N=C(\C(=O)N[C@@H]1C(=O)N2C(C(=O)OC(c3ccccc3)c3ccccc3)=C(C#CCCO)CS[C@H]12)c1nsc(N)n1. The van der Waals surface area contributed by atoms with E-state index in [-0.39, 0.29) is 41.1 Å². The molecule has 0 aliphatic carbocycles. The van der Waals surface area contributed by atoms with E-state index in [1.54, 1.807) is 0 Å². The Balaban J connectivity index is 1.42. The Morgan fingerprint density at radius 1 is 1.19 bits per heavy atom. The summed E-state index contributed by atoms with van der Waals surface area (Å²) in [5.74, 6) is 3.98. The van der Waals surface area contributed by atoms with E-state index < -0.39 is 35.3 Å². The molecule has 1 saturated heterocycles. The standard InChI is InChI=1S/C29H26N6O6S2/c1-40-33-20(24-32-29(30)43-34-24)25(37)31-21-26(38)35-22(19(14-8-9-15-36)16-42-27(21)35)28(39)41-23(17-10-4-2-5-11-17)18-12-6-3-7-13-18/h2-7,10-13,21,23,27,36H,9,15-16H2,1H3,(H,31,37)(H2,30,32,34)/b33-20-/t21-,27-/m1/s1. The number of ether oxygens (including phenoxy) is 1.